The van der Waals surface area contributed by atoms with E-state index in [0.717, 1.165) is 6.54 Å². The lowest BCUT2D eigenvalue weighted by Crippen LogP contribution is -2.43. The van der Waals surface area contributed by atoms with Gasteiger partial charge in [-0.1, -0.05) is 13.8 Å². The molecule has 0 amide bonds. The van der Waals surface area contributed by atoms with Gasteiger partial charge in [0, 0.05) is 26.7 Å². The molecule has 2 N–H and O–H groups in total. The van der Waals surface area contributed by atoms with Gasteiger partial charge < -0.3 is 10.6 Å². The van der Waals surface area contributed by atoms with Crippen molar-refractivity contribution in [1.29, 1.82) is 0 Å². The number of guanidine groups is 1. The highest BCUT2D eigenvalue weighted by Gasteiger charge is 2.28. The average molecular weight is 268 g/mol. The van der Waals surface area contributed by atoms with Crippen LogP contribution in [0, 0.1) is 5.92 Å². The number of alkyl halides is 3. The van der Waals surface area contributed by atoms with Crippen LogP contribution < -0.4 is 10.6 Å². The fourth-order valence-electron chi connectivity index (χ4n) is 1.27. The molecule has 0 saturated carbocycles. The van der Waals surface area contributed by atoms with Crippen molar-refractivity contribution in [3.8, 4) is 0 Å². The SMILES string of the molecule is CN=C(NCCN(C)CC(F)(F)F)NCC(C)C. The van der Waals surface area contributed by atoms with Crippen molar-refractivity contribution in [2.24, 2.45) is 10.9 Å². The lowest BCUT2D eigenvalue weighted by atomic mass is 10.2. The van der Waals surface area contributed by atoms with Crippen molar-refractivity contribution in [2.45, 2.75) is 20.0 Å². The predicted molar refractivity (Wildman–Crippen MR) is 67.8 cm³/mol. The van der Waals surface area contributed by atoms with Crippen LogP contribution in [0.1, 0.15) is 13.8 Å². The van der Waals surface area contributed by atoms with Crippen LogP contribution in [0.3, 0.4) is 0 Å². The molecule has 18 heavy (non-hydrogen) atoms. The van der Waals surface area contributed by atoms with Gasteiger partial charge >= 0.3 is 6.18 Å². The Labute approximate surface area is 107 Å². The molecule has 0 spiro atoms. The summed E-state index contributed by atoms with van der Waals surface area (Å²) in [5, 5.41) is 6.06. The van der Waals surface area contributed by atoms with Crippen molar-refractivity contribution in [3.05, 3.63) is 0 Å². The summed E-state index contributed by atoms with van der Waals surface area (Å²) < 4.78 is 36.2. The normalized spacial score (nSPS) is 13.3. The van der Waals surface area contributed by atoms with Crippen molar-refractivity contribution in [1.82, 2.24) is 15.5 Å². The van der Waals surface area contributed by atoms with E-state index < -0.39 is 12.7 Å². The largest absolute Gasteiger partial charge is 0.401 e. The first-order valence-electron chi connectivity index (χ1n) is 5.94. The Hall–Kier alpha value is -0.980. The summed E-state index contributed by atoms with van der Waals surface area (Å²) in [5.74, 6) is 1.10. The van der Waals surface area contributed by atoms with E-state index in [1.54, 1.807) is 7.05 Å². The number of likely N-dealkylation sites (N-methyl/N-ethyl adjacent to an activating group) is 1. The highest BCUT2D eigenvalue weighted by atomic mass is 19.4. The Balaban J connectivity index is 3.81. The second kappa shape index (κ2) is 8.18. The first kappa shape index (κ1) is 17.0. The van der Waals surface area contributed by atoms with Crippen molar-refractivity contribution in [2.75, 3.05) is 40.3 Å². The van der Waals surface area contributed by atoms with Crippen molar-refractivity contribution in [3.63, 3.8) is 0 Å². The number of aliphatic imine (C=N–C) groups is 1. The third-order valence-corrected chi connectivity index (χ3v) is 2.14. The summed E-state index contributed by atoms with van der Waals surface area (Å²) in [6.07, 6.45) is -4.15. The van der Waals surface area contributed by atoms with Gasteiger partial charge in [-0.15, -0.1) is 0 Å². The summed E-state index contributed by atoms with van der Waals surface area (Å²) in [6.45, 7) is 4.74. The van der Waals surface area contributed by atoms with Crippen LogP contribution in [0.25, 0.3) is 0 Å². The standard InChI is InChI=1S/C11H23F3N4/c1-9(2)7-17-10(15-3)16-5-6-18(4)8-11(12,13)14/h9H,5-8H2,1-4H3,(H2,15,16,17). The molecule has 0 fully saturated rings. The van der Waals surface area contributed by atoms with Crippen LogP contribution in [0.5, 0.6) is 0 Å². The Kier molecular flexibility index (Phi) is 7.73. The van der Waals surface area contributed by atoms with Gasteiger partial charge in [0.1, 0.15) is 0 Å². The van der Waals surface area contributed by atoms with Gasteiger partial charge in [0.15, 0.2) is 5.96 Å². The molecular weight excluding hydrogens is 245 g/mol. The molecule has 0 rings (SSSR count). The second-order valence-electron chi connectivity index (χ2n) is 4.63. The molecule has 0 unspecified atom stereocenters. The van der Waals surface area contributed by atoms with E-state index in [1.807, 2.05) is 0 Å². The molecule has 0 radical (unpaired) electrons. The molecule has 0 aliphatic heterocycles. The summed E-state index contributed by atoms with van der Waals surface area (Å²) in [4.78, 5) is 5.21. The minimum Gasteiger partial charge on any atom is -0.356 e. The fraction of sp³-hybridized carbons (Fsp3) is 0.909. The highest BCUT2D eigenvalue weighted by Crippen LogP contribution is 2.14. The lowest BCUT2D eigenvalue weighted by Gasteiger charge is -2.19. The van der Waals surface area contributed by atoms with Crippen LogP contribution in [0.15, 0.2) is 4.99 Å². The summed E-state index contributed by atoms with van der Waals surface area (Å²) in [7, 11) is 3.08. The molecule has 0 aliphatic rings. The number of halogens is 3. The number of nitrogens with one attached hydrogen (secondary N) is 2. The number of hydrogen-bond donors (Lipinski definition) is 2. The van der Waals surface area contributed by atoms with E-state index in [4.69, 9.17) is 0 Å². The van der Waals surface area contributed by atoms with E-state index in [2.05, 4.69) is 29.5 Å². The molecule has 0 aromatic heterocycles. The Morgan fingerprint density at radius 2 is 1.89 bits per heavy atom. The minimum absolute atomic E-state index is 0.307. The molecule has 0 aromatic carbocycles. The Bertz CT molecular complexity index is 251. The monoisotopic (exact) mass is 268 g/mol. The zero-order valence-corrected chi connectivity index (χ0v) is 11.4. The quantitative estimate of drug-likeness (QED) is 0.563. The smallest absolute Gasteiger partial charge is 0.356 e. The van der Waals surface area contributed by atoms with E-state index in [-0.39, 0.29) is 0 Å². The molecule has 7 heteroatoms. The average Bonchev–Trinajstić information content (AvgIpc) is 2.20. The number of nitrogens with zero attached hydrogens (tertiary/aromatic N) is 2. The van der Waals surface area contributed by atoms with Gasteiger partial charge in [-0.25, -0.2) is 0 Å². The Morgan fingerprint density at radius 1 is 1.28 bits per heavy atom. The van der Waals surface area contributed by atoms with Crippen LogP contribution in [-0.2, 0) is 0 Å². The molecule has 0 atom stereocenters. The fourth-order valence-corrected chi connectivity index (χ4v) is 1.27. The number of rotatable bonds is 6. The molecule has 0 aromatic rings. The third-order valence-electron chi connectivity index (χ3n) is 2.14. The molecule has 0 heterocycles. The zero-order valence-electron chi connectivity index (χ0n) is 11.4. The molecule has 108 valence electrons. The van der Waals surface area contributed by atoms with E-state index in [1.165, 1.54) is 11.9 Å². The Morgan fingerprint density at radius 3 is 2.33 bits per heavy atom. The molecular formula is C11H23F3N4. The lowest BCUT2D eigenvalue weighted by molar-refractivity contribution is -0.142. The molecule has 0 bridgehead atoms. The van der Waals surface area contributed by atoms with Gasteiger partial charge in [0.05, 0.1) is 6.54 Å². The first-order valence-corrected chi connectivity index (χ1v) is 5.94. The van der Waals surface area contributed by atoms with E-state index in [0.29, 0.717) is 25.0 Å². The summed E-state index contributed by atoms with van der Waals surface area (Å²) in [6, 6.07) is 0. The maximum atomic E-state index is 12.1. The van der Waals surface area contributed by atoms with Gasteiger partial charge in [-0.05, 0) is 13.0 Å². The molecule has 0 saturated heterocycles. The van der Waals surface area contributed by atoms with E-state index >= 15 is 0 Å². The summed E-state index contributed by atoms with van der Waals surface area (Å²) >= 11 is 0. The van der Waals surface area contributed by atoms with Crippen LogP contribution in [0.4, 0.5) is 13.2 Å². The van der Waals surface area contributed by atoms with Crippen molar-refractivity contribution >= 4 is 5.96 Å². The van der Waals surface area contributed by atoms with Gasteiger partial charge in [0.2, 0.25) is 0 Å². The predicted octanol–water partition coefficient (Wildman–Crippen LogP) is 1.30. The summed E-state index contributed by atoms with van der Waals surface area (Å²) in [5.41, 5.74) is 0. The number of hydrogen-bond acceptors (Lipinski definition) is 2. The zero-order chi connectivity index (χ0) is 14.2. The molecule has 0 aliphatic carbocycles. The van der Waals surface area contributed by atoms with Crippen LogP contribution in [-0.4, -0.2) is 57.3 Å². The first-order chi connectivity index (χ1) is 8.24. The van der Waals surface area contributed by atoms with Crippen LogP contribution >= 0.6 is 0 Å². The maximum absolute atomic E-state index is 12.1. The van der Waals surface area contributed by atoms with E-state index in [9.17, 15) is 13.2 Å². The van der Waals surface area contributed by atoms with Gasteiger partial charge in [-0.3, -0.25) is 9.89 Å². The third kappa shape index (κ3) is 10.2. The maximum Gasteiger partial charge on any atom is 0.401 e. The molecule has 4 nitrogen and oxygen atoms in total. The van der Waals surface area contributed by atoms with Gasteiger partial charge in [0.25, 0.3) is 0 Å². The van der Waals surface area contributed by atoms with Gasteiger partial charge in [-0.2, -0.15) is 13.2 Å². The van der Waals surface area contributed by atoms with Crippen molar-refractivity contribution < 1.29 is 13.2 Å². The van der Waals surface area contributed by atoms with Crippen LogP contribution in [0.2, 0.25) is 0 Å². The highest BCUT2D eigenvalue weighted by molar-refractivity contribution is 5.79. The topological polar surface area (TPSA) is 39.7 Å². The second-order valence-corrected chi connectivity index (χ2v) is 4.63. The minimum atomic E-state index is -4.15.